The number of primary amides is 2. The smallest absolute Gasteiger partial charge is 0.249 e. The number of rotatable bonds is 17. The average molecular weight is 608 g/mol. The quantitative estimate of drug-likeness (QED) is 0.148. The highest BCUT2D eigenvalue weighted by Gasteiger charge is 2.32. The van der Waals surface area contributed by atoms with Gasteiger partial charge in [-0.05, 0) is 72.2 Å². The number of aliphatic hydroxyl groups excluding tert-OH is 1. The van der Waals surface area contributed by atoms with Gasteiger partial charge in [0.05, 0.1) is 6.10 Å². The normalized spacial score (nSPS) is 12.7. The van der Waals surface area contributed by atoms with Crippen LogP contribution in [0.15, 0.2) is 54.6 Å². The number of nitrogens with two attached hydrogens (primary N) is 2. The summed E-state index contributed by atoms with van der Waals surface area (Å²) < 4.78 is 28.4. The van der Waals surface area contributed by atoms with Crippen molar-refractivity contribution >= 4 is 17.6 Å². The monoisotopic (exact) mass is 607 g/mol. The molecule has 3 rings (SSSR count). The molecule has 0 aliphatic carbocycles. The van der Waals surface area contributed by atoms with Crippen molar-refractivity contribution in [3.63, 3.8) is 0 Å². The Labute approximate surface area is 258 Å². The predicted molar refractivity (Wildman–Crippen MR) is 167 cm³/mol. The molecule has 9 heteroatoms. The first kappa shape index (κ1) is 34.5. The van der Waals surface area contributed by atoms with E-state index in [9.17, 15) is 28.3 Å². The maximum atomic E-state index is 14.2. The molecule has 0 radical (unpaired) electrons. The fourth-order valence-corrected chi connectivity index (χ4v) is 5.82. The molecule has 0 saturated heterocycles. The molecule has 3 aromatic carbocycles. The summed E-state index contributed by atoms with van der Waals surface area (Å²) in [6.07, 6.45) is 2.27. The van der Waals surface area contributed by atoms with E-state index in [1.165, 1.54) is 12.1 Å². The molecule has 0 aromatic heterocycles. The third-order valence-electron chi connectivity index (χ3n) is 7.94. The summed E-state index contributed by atoms with van der Waals surface area (Å²) in [7, 11) is 0. The summed E-state index contributed by atoms with van der Waals surface area (Å²) in [5.74, 6) is -5.06. The molecule has 0 fully saturated rings. The summed E-state index contributed by atoms with van der Waals surface area (Å²) in [5, 5.41) is 14.7. The number of hydrogen-bond donors (Lipinski definition) is 4. The molecule has 0 spiro atoms. The fraction of sp³-hybridized carbons (Fsp3) is 0.400. The standard InChI is InChI=1S/C35H43F2N3O4/c1-4-8-24(9-5-2)33(42)25-16-29(34(38)43)32(30(17-25)35(39)44)28(15-23-13-26(36)18-27(37)14-23)31(41)20-40-19-22-11-7-10-21(6-3)12-22/h7,10-14,16-18,24,28,31,40-41H,4-6,8-9,15,19-20H2,1-3H3,(H2,38,43)(H2,39,44)/t28-,31+/m1/s1. The maximum Gasteiger partial charge on any atom is 0.249 e. The molecule has 0 bridgehead atoms. The van der Waals surface area contributed by atoms with Crippen molar-refractivity contribution in [1.29, 1.82) is 0 Å². The maximum absolute atomic E-state index is 14.2. The van der Waals surface area contributed by atoms with Crippen LogP contribution in [-0.4, -0.2) is 35.4 Å². The Morgan fingerprint density at radius 1 is 0.818 bits per heavy atom. The molecular weight excluding hydrogens is 564 g/mol. The van der Waals surface area contributed by atoms with Gasteiger partial charge in [0.1, 0.15) is 11.6 Å². The van der Waals surface area contributed by atoms with Crippen molar-refractivity contribution in [2.45, 2.75) is 77.9 Å². The zero-order valence-corrected chi connectivity index (χ0v) is 25.7. The van der Waals surface area contributed by atoms with Gasteiger partial charge in [-0.15, -0.1) is 0 Å². The Bertz CT molecular complexity index is 1410. The van der Waals surface area contributed by atoms with Crippen molar-refractivity contribution < 1.29 is 28.3 Å². The third kappa shape index (κ3) is 9.03. The second-order valence-corrected chi connectivity index (χ2v) is 11.3. The molecule has 0 heterocycles. The first-order valence-corrected chi connectivity index (χ1v) is 15.2. The van der Waals surface area contributed by atoms with Gasteiger partial charge in [0.25, 0.3) is 0 Å². The summed E-state index contributed by atoms with van der Waals surface area (Å²) in [6, 6.07) is 13.6. The highest BCUT2D eigenvalue weighted by molar-refractivity contribution is 6.07. The Hall–Kier alpha value is -3.95. The summed E-state index contributed by atoms with van der Waals surface area (Å²) in [4.78, 5) is 39.3. The van der Waals surface area contributed by atoms with E-state index < -0.39 is 35.5 Å². The van der Waals surface area contributed by atoms with Gasteiger partial charge >= 0.3 is 0 Å². The number of ketones is 1. The molecule has 3 aromatic rings. The minimum Gasteiger partial charge on any atom is -0.391 e. The molecule has 0 aliphatic heterocycles. The van der Waals surface area contributed by atoms with Crippen LogP contribution in [0.3, 0.4) is 0 Å². The number of amides is 2. The molecule has 6 N–H and O–H groups in total. The second-order valence-electron chi connectivity index (χ2n) is 11.3. The van der Waals surface area contributed by atoms with Crippen LogP contribution in [0.25, 0.3) is 0 Å². The van der Waals surface area contributed by atoms with Crippen molar-refractivity contribution in [3.05, 3.63) is 105 Å². The lowest BCUT2D eigenvalue weighted by atomic mass is 9.79. The summed E-state index contributed by atoms with van der Waals surface area (Å²) in [5.41, 5.74) is 13.8. The second kappa shape index (κ2) is 16.2. The average Bonchev–Trinajstić information content (AvgIpc) is 2.98. The van der Waals surface area contributed by atoms with Crippen LogP contribution in [-0.2, 0) is 19.4 Å². The number of aryl methyl sites for hydroxylation is 1. The van der Waals surface area contributed by atoms with E-state index in [4.69, 9.17) is 11.5 Å². The van der Waals surface area contributed by atoms with Gasteiger partial charge in [-0.1, -0.05) is 57.9 Å². The minimum atomic E-state index is -1.25. The first-order valence-electron chi connectivity index (χ1n) is 15.2. The lowest BCUT2D eigenvalue weighted by molar-refractivity contribution is 0.0905. The van der Waals surface area contributed by atoms with Gasteiger partial charge in [0.15, 0.2) is 5.78 Å². The highest BCUT2D eigenvalue weighted by atomic mass is 19.1. The van der Waals surface area contributed by atoms with E-state index in [1.807, 2.05) is 38.1 Å². The van der Waals surface area contributed by atoms with Crippen LogP contribution < -0.4 is 16.8 Å². The zero-order chi connectivity index (χ0) is 32.4. The minimum absolute atomic E-state index is 0.00494. The van der Waals surface area contributed by atoms with Gasteiger partial charge in [0.2, 0.25) is 11.8 Å². The molecule has 2 atom stereocenters. The molecule has 0 aliphatic rings. The van der Waals surface area contributed by atoms with E-state index in [2.05, 4.69) is 12.2 Å². The van der Waals surface area contributed by atoms with Crippen LogP contribution in [0.4, 0.5) is 8.78 Å². The SMILES string of the molecule is CCCC(CCC)C(=O)c1cc(C(N)=O)c([C@H](Cc2cc(F)cc(F)c2)[C@@H](O)CNCc2cccc(CC)c2)c(C(N)=O)c1. The van der Waals surface area contributed by atoms with Gasteiger partial charge in [-0.2, -0.15) is 0 Å². The van der Waals surface area contributed by atoms with E-state index in [1.54, 1.807) is 0 Å². The van der Waals surface area contributed by atoms with Crippen LogP contribution in [0.2, 0.25) is 0 Å². The zero-order valence-electron chi connectivity index (χ0n) is 25.7. The number of benzene rings is 3. The van der Waals surface area contributed by atoms with Crippen LogP contribution in [0, 0.1) is 17.6 Å². The molecular formula is C35H43F2N3O4. The molecule has 0 saturated carbocycles. The Kier molecular flexibility index (Phi) is 12.7. The van der Waals surface area contributed by atoms with Crippen LogP contribution in [0.1, 0.15) is 106 Å². The van der Waals surface area contributed by atoms with Gasteiger partial charge in [-0.25, -0.2) is 8.78 Å². The number of nitrogens with one attached hydrogen (secondary N) is 1. The lowest BCUT2D eigenvalue weighted by Gasteiger charge is -2.28. The molecule has 2 amide bonds. The van der Waals surface area contributed by atoms with E-state index in [0.717, 1.165) is 48.6 Å². The number of carbonyl (C=O) groups excluding carboxylic acids is 3. The van der Waals surface area contributed by atoms with E-state index in [0.29, 0.717) is 19.4 Å². The fourth-order valence-electron chi connectivity index (χ4n) is 5.82. The van der Waals surface area contributed by atoms with E-state index >= 15 is 0 Å². The van der Waals surface area contributed by atoms with Crippen LogP contribution >= 0.6 is 0 Å². The number of Topliss-reactive ketones (excluding diaryl/α,β-unsaturated/α-hetero) is 1. The van der Waals surface area contributed by atoms with Gasteiger partial charge < -0.3 is 21.9 Å². The van der Waals surface area contributed by atoms with E-state index in [-0.39, 0.29) is 52.5 Å². The van der Waals surface area contributed by atoms with Crippen molar-refractivity contribution in [3.8, 4) is 0 Å². The van der Waals surface area contributed by atoms with Crippen molar-refractivity contribution in [1.82, 2.24) is 5.32 Å². The Morgan fingerprint density at radius 3 is 1.91 bits per heavy atom. The predicted octanol–water partition coefficient (Wildman–Crippen LogP) is 5.60. The topological polar surface area (TPSA) is 136 Å². The summed E-state index contributed by atoms with van der Waals surface area (Å²) in [6.45, 7) is 6.42. The molecule has 44 heavy (non-hydrogen) atoms. The third-order valence-corrected chi connectivity index (χ3v) is 7.94. The van der Waals surface area contributed by atoms with Crippen LogP contribution in [0.5, 0.6) is 0 Å². The molecule has 7 nitrogen and oxygen atoms in total. The highest BCUT2D eigenvalue weighted by Crippen LogP contribution is 2.33. The van der Waals surface area contributed by atoms with Gasteiger partial charge in [0, 0.05) is 47.7 Å². The number of carbonyl (C=O) groups is 3. The lowest BCUT2D eigenvalue weighted by Crippen LogP contribution is -2.35. The summed E-state index contributed by atoms with van der Waals surface area (Å²) >= 11 is 0. The molecule has 236 valence electrons. The first-order chi connectivity index (χ1) is 21.0. The number of hydrogen-bond acceptors (Lipinski definition) is 5. The molecule has 0 unspecified atom stereocenters. The van der Waals surface area contributed by atoms with Crippen molar-refractivity contribution in [2.24, 2.45) is 17.4 Å². The van der Waals surface area contributed by atoms with Crippen molar-refractivity contribution in [2.75, 3.05) is 6.54 Å². The largest absolute Gasteiger partial charge is 0.391 e. The number of halogens is 2. The number of aliphatic hydroxyl groups is 1. The Morgan fingerprint density at radius 2 is 1.39 bits per heavy atom. The van der Waals surface area contributed by atoms with Gasteiger partial charge in [-0.3, -0.25) is 14.4 Å². The Balaban J connectivity index is 2.10.